The molecule has 0 radical (unpaired) electrons. The Kier molecular flexibility index (Phi) is 22.5. The van der Waals surface area contributed by atoms with E-state index in [1.165, 1.54) is 89.5 Å². The Bertz CT molecular complexity index is 497. The maximum Gasteiger partial charge on any atom is 1.00 e. The van der Waals surface area contributed by atoms with Gasteiger partial charge in [-0.3, -0.25) is 0 Å². The molecule has 200 valence electrons. The van der Waals surface area contributed by atoms with Crippen molar-refractivity contribution in [2.75, 3.05) is 0 Å². The van der Waals surface area contributed by atoms with Crippen LogP contribution in [0.4, 0.5) is 0 Å². The molecule has 0 fully saturated rings. The van der Waals surface area contributed by atoms with Crippen LogP contribution in [0.1, 0.15) is 145 Å². The smallest absolute Gasteiger partial charge is 0.602 e. The van der Waals surface area contributed by atoms with E-state index in [0.717, 1.165) is 12.8 Å². The first-order valence-electron chi connectivity index (χ1n) is 14.1. The van der Waals surface area contributed by atoms with E-state index in [1.807, 2.05) is 34.6 Å². The van der Waals surface area contributed by atoms with Gasteiger partial charge in [0.05, 0.1) is 17.9 Å². The largest absolute Gasteiger partial charge is 1.00 e. The summed E-state index contributed by atoms with van der Waals surface area (Å²) >= 11 is -2.33. The SMILES string of the molecule is CCCCCCCCCCCCCCCCC(C)OC(=O)/C=C(/C)[O][Al]([O]C(C)C)[O]C(C)C. The summed E-state index contributed by atoms with van der Waals surface area (Å²) in [7, 11) is 0. The van der Waals surface area contributed by atoms with E-state index >= 15 is 0 Å². The summed E-state index contributed by atoms with van der Waals surface area (Å²) in [5, 5.41) is 0. The van der Waals surface area contributed by atoms with Crippen molar-refractivity contribution < 1.29 is 20.9 Å². The Labute approximate surface area is 216 Å². The molecule has 0 aromatic carbocycles. The maximum atomic E-state index is 12.2. The minimum atomic E-state index is -2.33. The van der Waals surface area contributed by atoms with Gasteiger partial charge in [-0.1, -0.05) is 90.4 Å². The number of esters is 1. The Morgan fingerprint density at radius 1 is 0.706 bits per heavy atom. The fourth-order valence-electron chi connectivity index (χ4n) is 3.80. The van der Waals surface area contributed by atoms with Crippen LogP contribution in [0.2, 0.25) is 0 Å². The summed E-state index contributed by atoms with van der Waals surface area (Å²) in [5.74, 6) is 0.115. The zero-order chi connectivity index (χ0) is 25.6. The molecule has 0 aromatic heterocycles. The molecule has 0 aliphatic carbocycles. The third kappa shape index (κ3) is 23.2. The number of ether oxygens (including phenoxy) is 1. The van der Waals surface area contributed by atoms with Crippen molar-refractivity contribution in [1.82, 2.24) is 0 Å². The molecule has 5 nitrogen and oxygen atoms in total. The van der Waals surface area contributed by atoms with Crippen LogP contribution in [0.5, 0.6) is 0 Å². The normalized spacial score (nSPS) is 12.9. The Balaban J connectivity index is 3.80. The molecule has 0 heterocycles. The zero-order valence-electron chi connectivity index (χ0n) is 23.5. The van der Waals surface area contributed by atoms with Gasteiger partial charge in [-0.2, -0.15) is 0 Å². The molecule has 1 atom stereocenters. The first-order chi connectivity index (χ1) is 16.2. The van der Waals surface area contributed by atoms with E-state index in [9.17, 15) is 4.79 Å². The lowest BCUT2D eigenvalue weighted by Gasteiger charge is -2.19. The number of allylic oxidation sites excluding steroid dienone is 1. The van der Waals surface area contributed by atoms with Gasteiger partial charge < -0.3 is 16.1 Å². The van der Waals surface area contributed by atoms with E-state index in [2.05, 4.69) is 6.92 Å². The lowest BCUT2D eigenvalue weighted by Crippen LogP contribution is -2.32. The van der Waals surface area contributed by atoms with Gasteiger partial charge in [0.1, 0.15) is 0 Å². The Hall–Kier alpha value is -0.538. The monoisotopic (exact) mass is 498 g/mol. The number of rotatable bonds is 23. The molecule has 34 heavy (non-hydrogen) atoms. The minimum Gasteiger partial charge on any atom is -0.602 e. The molecule has 0 rings (SSSR count). The van der Waals surface area contributed by atoms with Crippen LogP contribution in [-0.4, -0.2) is 39.4 Å². The Morgan fingerprint density at radius 3 is 1.53 bits per heavy atom. The standard InChI is InChI=1S/C22H42O3.2C3H7O.Al/c1-4-5-6-7-8-9-10-11-12-13-14-15-16-17-18-21(3)25-22(24)19-20(2)23;2*1-3(2)4;/h19,21,23H,4-18H2,1-3H3;2*3H,1-2H3;/q;2*-1;+3/p-1/b20-19-;;;. The van der Waals surface area contributed by atoms with Gasteiger partial charge in [-0.15, -0.1) is 0 Å². The molecule has 0 saturated heterocycles. The molecular weight excluding hydrogens is 443 g/mol. The van der Waals surface area contributed by atoms with E-state index < -0.39 is 15.1 Å². The van der Waals surface area contributed by atoms with Gasteiger partial charge >= 0.3 is 21.1 Å². The predicted molar refractivity (Wildman–Crippen MR) is 144 cm³/mol. The van der Waals surface area contributed by atoms with Crippen LogP contribution >= 0.6 is 0 Å². The van der Waals surface area contributed by atoms with Gasteiger partial charge in [-0.05, 0) is 54.4 Å². The average molecular weight is 499 g/mol. The number of unbranched alkanes of at least 4 members (excludes halogenated alkanes) is 13. The van der Waals surface area contributed by atoms with Crippen molar-refractivity contribution in [3.63, 3.8) is 0 Å². The predicted octanol–water partition coefficient (Wildman–Crippen LogP) is 8.54. The highest BCUT2D eigenvalue weighted by molar-refractivity contribution is 6.36. The first-order valence-corrected chi connectivity index (χ1v) is 15.5. The zero-order valence-corrected chi connectivity index (χ0v) is 24.7. The van der Waals surface area contributed by atoms with Gasteiger partial charge in [-0.25, -0.2) is 4.79 Å². The second-order valence-corrected chi connectivity index (χ2v) is 11.5. The summed E-state index contributed by atoms with van der Waals surface area (Å²) in [6.45, 7) is 13.8. The molecule has 0 saturated carbocycles. The number of hydrogen-bond donors (Lipinski definition) is 0. The molecule has 0 bridgehead atoms. The average Bonchev–Trinajstić information content (AvgIpc) is 2.72. The van der Waals surface area contributed by atoms with E-state index in [4.69, 9.17) is 16.1 Å². The Morgan fingerprint density at radius 2 is 1.12 bits per heavy atom. The highest BCUT2D eigenvalue weighted by Crippen LogP contribution is 2.15. The fraction of sp³-hybridized carbons (Fsp3) is 0.893. The van der Waals surface area contributed by atoms with Crippen LogP contribution < -0.4 is 0 Å². The summed E-state index contributed by atoms with van der Waals surface area (Å²) in [6.07, 6.45) is 21.1. The van der Waals surface area contributed by atoms with Crippen LogP contribution in [0, 0.1) is 0 Å². The van der Waals surface area contributed by atoms with Gasteiger partial charge in [0, 0.05) is 12.2 Å². The third-order valence-electron chi connectivity index (χ3n) is 5.65. The quantitative estimate of drug-likeness (QED) is 0.0464. The number of carbonyl (C=O) groups is 1. The molecular formula is C28H55AlO5. The van der Waals surface area contributed by atoms with Crippen LogP contribution in [0.15, 0.2) is 11.8 Å². The van der Waals surface area contributed by atoms with Crippen molar-refractivity contribution in [3.8, 4) is 0 Å². The molecule has 0 aliphatic rings. The molecule has 0 amide bonds. The van der Waals surface area contributed by atoms with E-state index in [-0.39, 0.29) is 24.3 Å². The third-order valence-corrected chi connectivity index (χ3v) is 7.75. The van der Waals surface area contributed by atoms with Crippen LogP contribution in [-0.2, 0) is 20.9 Å². The topological polar surface area (TPSA) is 54.0 Å². The fourth-order valence-corrected chi connectivity index (χ4v) is 5.24. The molecule has 0 N–H and O–H groups in total. The molecule has 0 aliphatic heterocycles. The number of carbonyl (C=O) groups excluding carboxylic acids is 1. The van der Waals surface area contributed by atoms with Crippen molar-refractivity contribution in [1.29, 1.82) is 0 Å². The van der Waals surface area contributed by atoms with Crippen molar-refractivity contribution in [3.05, 3.63) is 11.8 Å². The molecule has 1 unspecified atom stereocenters. The highest BCUT2D eigenvalue weighted by atomic mass is 27.3. The molecule has 6 heteroatoms. The molecule has 0 aromatic rings. The molecule has 0 spiro atoms. The van der Waals surface area contributed by atoms with Crippen molar-refractivity contribution in [2.45, 2.75) is 163 Å². The van der Waals surface area contributed by atoms with Gasteiger partial charge in [0.25, 0.3) is 0 Å². The van der Waals surface area contributed by atoms with Crippen molar-refractivity contribution in [2.24, 2.45) is 0 Å². The number of hydrogen-bond acceptors (Lipinski definition) is 5. The van der Waals surface area contributed by atoms with Gasteiger partial charge in [0.15, 0.2) is 0 Å². The highest BCUT2D eigenvalue weighted by Gasteiger charge is 2.37. The summed E-state index contributed by atoms with van der Waals surface area (Å²) in [4.78, 5) is 12.2. The summed E-state index contributed by atoms with van der Waals surface area (Å²) in [5.41, 5.74) is 0. The lowest BCUT2D eigenvalue weighted by molar-refractivity contribution is -0.142. The van der Waals surface area contributed by atoms with Crippen LogP contribution in [0.3, 0.4) is 0 Å². The second kappa shape index (κ2) is 22.9. The second-order valence-electron chi connectivity index (χ2n) is 10.2. The summed E-state index contributed by atoms with van der Waals surface area (Å²) in [6, 6.07) is 0. The lowest BCUT2D eigenvalue weighted by atomic mass is 10.0. The maximum absolute atomic E-state index is 12.2. The first kappa shape index (κ1) is 33.5. The van der Waals surface area contributed by atoms with E-state index in [1.54, 1.807) is 6.92 Å². The summed E-state index contributed by atoms with van der Waals surface area (Å²) < 4.78 is 22.7. The van der Waals surface area contributed by atoms with E-state index in [0.29, 0.717) is 5.76 Å². The van der Waals surface area contributed by atoms with Crippen LogP contribution in [0.25, 0.3) is 0 Å². The van der Waals surface area contributed by atoms with Gasteiger partial charge in [0.2, 0.25) is 0 Å². The minimum absolute atomic E-state index is 0.0142. The van der Waals surface area contributed by atoms with Crippen molar-refractivity contribution >= 4 is 21.1 Å².